The van der Waals surface area contributed by atoms with E-state index in [2.05, 4.69) is 55.6 Å². The van der Waals surface area contributed by atoms with Crippen LogP contribution in [0.1, 0.15) is 22.3 Å². The van der Waals surface area contributed by atoms with Crippen LogP contribution in [0.15, 0.2) is 36.4 Å². The van der Waals surface area contributed by atoms with Crippen LogP contribution in [0.2, 0.25) is 0 Å². The minimum atomic E-state index is 0.999. The van der Waals surface area contributed by atoms with Gasteiger partial charge in [0.05, 0.1) is 0 Å². The molecule has 2 aromatic rings. The Kier molecular flexibility index (Phi) is 2.92. The second-order valence-corrected chi connectivity index (χ2v) is 5.25. The number of benzene rings is 2. The van der Waals surface area contributed by atoms with E-state index in [1.165, 1.54) is 33.4 Å². The Morgan fingerprint density at radius 3 is 2.56 bits per heavy atom. The molecule has 1 heterocycles. The van der Waals surface area contributed by atoms with Gasteiger partial charge in [0.15, 0.2) is 0 Å². The lowest BCUT2D eigenvalue weighted by Gasteiger charge is -2.21. The standard InChI is InChI=1S/C17H19N/c1-12-8-13(2)10-15(9-12)16-5-3-4-14-6-7-18-11-17(14)16/h3-5,8-10,18H,6-7,11H2,1-2H3. The van der Waals surface area contributed by atoms with E-state index in [4.69, 9.17) is 0 Å². The topological polar surface area (TPSA) is 12.0 Å². The second-order valence-electron chi connectivity index (χ2n) is 5.25. The second kappa shape index (κ2) is 4.58. The Hall–Kier alpha value is -1.60. The van der Waals surface area contributed by atoms with Crippen LogP contribution in [0.3, 0.4) is 0 Å². The molecule has 92 valence electrons. The summed E-state index contributed by atoms with van der Waals surface area (Å²) >= 11 is 0. The molecule has 18 heavy (non-hydrogen) atoms. The molecule has 1 N–H and O–H groups in total. The van der Waals surface area contributed by atoms with Gasteiger partial charge in [-0.15, -0.1) is 0 Å². The Bertz CT molecular complexity index is 564. The van der Waals surface area contributed by atoms with Crippen molar-refractivity contribution in [3.63, 3.8) is 0 Å². The van der Waals surface area contributed by atoms with E-state index in [1.54, 1.807) is 0 Å². The van der Waals surface area contributed by atoms with Crippen molar-refractivity contribution >= 4 is 0 Å². The highest BCUT2D eigenvalue weighted by molar-refractivity contribution is 5.70. The third kappa shape index (κ3) is 2.06. The van der Waals surface area contributed by atoms with Crippen LogP contribution in [0.25, 0.3) is 11.1 Å². The molecule has 0 spiro atoms. The van der Waals surface area contributed by atoms with E-state index in [9.17, 15) is 0 Å². The van der Waals surface area contributed by atoms with Gasteiger partial charge in [-0.2, -0.15) is 0 Å². The highest BCUT2D eigenvalue weighted by Crippen LogP contribution is 2.29. The average molecular weight is 237 g/mol. The van der Waals surface area contributed by atoms with Crippen LogP contribution in [0.5, 0.6) is 0 Å². The maximum Gasteiger partial charge on any atom is 0.0214 e. The van der Waals surface area contributed by atoms with Gasteiger partial charge in [-0.05, 0) is 49.1 Å². The minimum absolute atomic E-state index is 0.999. The first-order valence-electron chi connectivity index (χ1n) is 6.64. The molecule has 2 aromatic carbocycles. The maximum atomic E-state index is 3.48. The van der Waals surface area contributed by atoms with Crippen molar-refractivity contribution in [3.05, 3.63) is 58.7 Å². The van der Waals surface area contributed by atoms with Gasteiger partial charge in [-0.3, -0.25) is 0 Å². The quantitative estimate of drug-likeness (QED) is 0.799. The van der Waals surface area contributed by atoms with Gasteiger partial charge in [0, 0.05) is 6.54 Å². The maximum absolute atomic E-state index is 3.48. The largest absolute Gasteiger partial charge is 0.312 e. The van der Waals surface area contributed by atoms with E-state index >= 15 is 0 Å². The number of rotatable bonds is 1. The van der Waals surface area contributed by atoms with Gasteiger partial charge in [0.25, 0.3) is 0 Å². The molecule has 0 saturated carbocycles. The molecule has 3 rings (SSSR count). The Morgan fingerprint density at radius 1 is 1.00 bits per heavy atom. The molecule has 0 saturated heterocycles. The third-order valence-corrected chi connectivity index (χ3v) is 3.68. The SMILES string of the molecule is Cc1cc(C)cc(-c2cccc3c2CNCC3)c1. The zero-order valence-electron chi connectivity index (χ0n) is 11.1. The third-order valence-electron chi connectivity index (χ3n) is 3.68. The summed E-state index contributed by atoms with van der Waals surface area (Å²) in [6.07, 6.45) is 1.15. The Balaban J connectivity index is 2.16. The van der Waals surface area contributed by atoms with Crippen molar-refractivity contribution in [2.24, 2.45) is 0 Å². The molecule has 0 aliphatic carbocycles. The van der Waals surface area contributed by atoms with Crippen LogP contribution < -0.4 is 5.32 Å². The van der Waals surface area contributed by atoms with Crippen molar-refractivity contribution in [2.75, 3.05) is 6.54 Å². The molecule has 1 aliphatic heterocycles. The first kappa shape index (κ1) is 11.5. The molecule has 0 aromatic heterocycles. The summed E-state index contributed by atoms with van der Waals surface area (Å²) in [4.78, 5) is 0. The summed E-state index contributed by atoms with van der Waals surface area (Å²) in [5.41, 5.74) is 8.41. The van der Waals surface area contributed by atoms with Gasteiger partial charge in [0.2, 0.25) is 0 Å². The van der Waals surface area contributed by atoms with Gasteiger partial charge in [-0.25, -0.2) is 0 Å². The van der Waals surface area contributed by atoms with Crippen LogP contribution in [0, 0.1) is 13.8 Å². The molecule has 0 fully saturated rings. The fourth-order valence-corrected chi connectivity index (χ4v) is 2.91. The summed E-state index contributed by atoms with van der Waals surface area (Å²) in [6, 6.07) is 13.5. The summed E-state index contributed by atoms with van der Waals surface area (Å²) in [5, 5.41) is 3.48. The number of fused-ring (bicyclic) bond motifs is 1. The van der Waals surface area contributed by atoms with E-state index in [-0.39, 0.29) is 0 Å². The van der Waals surface area contributed by atoms with E-state index < -0.39 is 0 Å². The molecule has 1 aliphatic rings. The van der Waals surface area contributed by atoms with Crippen molar-refractivity contribution in [3.8, 4) is 11.1 Å². The normalized spacial score (nSPS) is 14.3. The van der Waals surface area contributed by atoms with Gasteiger partial charge >= 0.3 is 0 Å². The minimum Gasteiger partial charge on any atom is -0.312 e. The van der Waals surface area contributed by atoms with Gasteiger partial charge < -0.3 is 5.32 Å². The zero-order valence-corrected chi connectivity index (χ0v) is 11.1. The Labute approximate surface area is 109 Å². The lowest BCUT2D eigenvalue weighted by atomic mass is 9.91. The van der Waals surface area contributed by atoms with Crippen molar-refractivity contribution in [1.82, 2.24) is 5.32 Å². The highest BCUT2D eigenvalue weighted by Gasteiger charge is 2.13. The molecule has 0 unspecified atom stereocenters. The lowest BCUT2D eigenvalue weighted by molar-refractivity contribution is 0.645. The lowest BCUT2D eigenvalue weighted by Crippen LogP contribution is -2.24. The van der Waals surface area contributed by atoms with E-state index in [0.717, 1.165) is 19.5 Å². The van der Waals surface area contributed by atoms with Crippen LogP contribution >= 0.6 is 0 Å². The fourth-order valence-electron chi connectivity index (χ4n) is 2.91. The van der Waals surface area contributed by atoms with E-state index in [1.807, 2.05) is 0 Å². The monoisotopic (exact) mass is 237 g/mol. The van der Waals surface area contributed by atoms with Crippen molar-refractivity contribution in [2.45, 2.75) is 26.8 Å². The predicted molar refractivity (Wildman–Crippen MR) is 76.8 cm³/mol. The van der Waals surface area contributed by atoms with Crippen LogP contribution in [-0.4, -0.2) is 6.54 Å². The number of hydrogen-bond donors (Lipinski definition) is 1. The first-order valence-corrected chi connectivity index (χ1v) is 6.64. The van der Waals surface area contributed by atoms with Gasteiger partial charge in [0.1, 0.15) is 0 Å². The number of nitrogens with one attached hydrogen (secondary N) is 1. The number of aryl methyl sites for hydroxylation is 2. The Morgan fingerprint density at radius 2 is 1.78 bits per heavy atom. The molecular formula is C17H19N. The van der Waals surface area contributed by atoms with Crippen LogP contribution in [0.4, 0.5) is 0 Å². The molecule has 0 atom stereocenters. The van der Waals surface area contributed by atoms with Crippen molar-refractivity contribution < 1.29 is 0 Å². The molecule has 0 radical (unpaired) electrons. The fraction of sp³-hybridized carbons (Fsp3) is 0.294. The summed E-state index contributed by atoms with van der Waals surface area (Å²) in [6.45, 7) is 6.44. The highest BCUT2D eigenvalue weighted by atomic mass is 14.9. The smallest absolute Gasteiger partial charge is 0.0214 e. The van der Waals surface area contributed by atoms with Crippen molar-refractivity contribution in [1.29, 1.82) is 0 Å². The molecule has 1 heteroatoms. The predicted octanol–water partition coefficient (Wildman–Crippen LogP) is 3.62. The zero-order chi connectivity index (χ0) is 12.5. The number of hydrogen-bond acceptors (Lipinski definition) is 1. The molecular weight excluding hydrogens is 218 g/mol. The van der Waals surface area contributed by atoms with Crippen LogP contribution in [-0.2, 0) is 13.0 Å². The first-order chi connectivity index (χ1) is 8.74. The molecule has 0 bridgehead atoms. The summed E-state index contributed by atoms with van der Waals surface area (Å²) in [7, 11) is 0. The molecule has 1 nitrogen and oxygen atoms in total. The average Bonchev–Trinajstić information content (AvgIpc) is 2.37. The van der Waals surface area contributed by atoms with E-state index in [0.29, 0.717) is 0 Å². The summed E-state index contributed by atoms with van der Waals surface area (Å²) in [5.74, 6) is 0. The summed E-state index contributed by atoms with van der Waals surface area (Å²) < 4.78 is 0. The molecule has 0 amide bonds. The van der Waals surface area contributed by atoms with Gasteiger partial charge in [-0.1, -0.05) is 47.5 Å².